The van der Waals surface area contributed by atoms with Gasteiger partial charge in [0.05, 0.1) is 29.5 Å². The molecule has 0 atom stereocenters. The van der Waals surface area contributed by atoms with Crippen molar-refractivity contribution in [1.29, 1.82) is 0 Å². The molecule has 2 heterocycles. The van der Waals surface area contributed by atoms with Gasteiger partial charge in [0.15, 0.2) is 0 Å². The molecule has 8 nitrogen and oxygen atoms in total. The number of hydrogen-bond donors (Lipinski definition) is 2. The fourth-order valence-electron chi connectivity index (χ4n) is 4.50. The Morgan fingerprint density at radius 1 is 1.18 bits per heavy atom. The van der Waals surface area contributed by atoms with E-state index in [2.05, 4.69) is 20.9 Å². The second-order valence-electron chi connectivity index (χ2n) is 9.24. The van der Waals surface area contributed by atoms with Gasteiger partial charge in [-0.05, 0) is 57.4 Å². The van der Waals surface area contributed by atoms with Gasteiger partial charge >= 0.3 is 6.09 Å². The lowest BCUT2D eigenvalue weighted by molar-refractivity contribution is 0.130. The second-order valence-corrected chi connectivity index (χ2v) is 9.24. The maximum atomic E-state index is 11.9. The van der Waals surface area contributed by atoms with Gasteiger partial charge in [0, 0.05) is 42.3 Å². The molecule has 2 aromatic carbocycles. The number of likely N-dealkylation sites (N-methyl/N-ethyl adjacent to an activating group) is 1. The number of nitrogens with zero attached hydrogens (tertiary/aromatic N) is 3. The van der Waals surface area contributed by atoms with Gasteiger partial charge in [0.25, 0.3) is 6.02 Å². The van der Waals surface area contributed by atoms with Crippen molar-refractivity contribution in [3.63, 3.8) is 0 Å². The average Bonchev–Trinajstić information content (AvgIpc) is 3.28. The number of carbonyl (C=O) groups excluding carboxylic acids is 1. The predicted molar refractivity (Wildman–Crippen MR) is 135 cm³/mol. The summed E-state index contributed by atoms with van der Waals surface area (Å²) in [5.41, 5.74) is 11.2. The van der Waals surface area contributed by atoms with Crippen LogP contribution in [-0.4, -0.2) is 47.8 Å². The van der Waals surface area contributed by atoms with Crippen molar-refractivity contribution in [2.24, 2.45) is 4.99 Å². The Hall–Kier alpha value is -3.68. The second kappa shape index (κ2) is 8.93. The lowest BCUT2D eigenvalue weighted by Crippen LogP contribution is -2.27. The highest BCUT2D eigenvalue weighted by molar-refractivity contribution is 6.02. The van der Waals surface area contributed by atoms with Gasteiger partial charge in [-0.2, -0.15) is 0 Å². The number of aromatic nitrogens is 1. The Balaban J connectivity index is 1.50. The summed E-state index contributed by atoms with van der Waals surface area (Å²) < 4.78 is 13.6. The number of nitrogens with one attached hydrogen (secondary N) is 1. The minimum Gasteiger partial charge on any atom is -0.447 e. The third-order valence-corrected chi connectivity index (χ3v) is 6.42. The van der Waals surface area contributed by atoms with Gasteiger partial charge < -0.3 is 24.7 Å². The van der Waals surface area contributed by atoms with Crippen molar-refractivity contribution in [2.45, 2.75) is 45.3 Å². The molecule has 1 amide bonds. The van der Waals surface area contributed by atoms with Crippen molar-refractivity contribution in [1.82, 2.24) is 9.47 Å². The van der Waals surface area contributed by atoms with Crippen LogP contribution in [0.3, 0.4) is 0 Å². The first-order valence-electron chi connectivity index (χ1n) is 11.9. The maximum absolute atomic E-state index is 11.9. The molecule has 34 heavy (non-hydrogen) atoms. The van der Waals surface area contributed by atoms with Crippen LogP contribution in [0.4, 0.5) is 16.2 Å². The Morgan fingerprint density at radius 2 is 1.94 bits per heavy atom. The van der Waals surface area contributed by atoms with Crippen LogP contribution in [0.5, 0.6) is 5.75 Å². The Labute approximate surface area is 199 Å². The molecule has 2 aliphatic rings. The molecule has 0 saturated heterocycles. The number of nitrogen functional groups attached to an aromatic ring is 1. The molecule has 1 aliphatic carbocycles. The topological polar surface area (TPSA) is 94.1 Å². The van der Waals surface area contributed by atoms with E-state index >= 15 is 0 Å². The van der Waals surface area contributed by atoms with E-state index in [4.69, 9.17) is 15.2 Å². The first-order valence-corrected chi connectivity index (χ1v) is 11.9. The summed E-state index contributed by atoms with van der Waals surface area (Å²) in [4.78, 5) is 18.4. The third-order valence-electron chi connectivity index (χ3n) is 6.42. The fourth-order valence-corrected chi connectivity index (χ4v) is 4.50. The van der Waals surface area contributed by atoms with E-state index in [0.29, 0.717) is 17.8 Å². The molecule has 1 saturated carbocycles. The van der Waals surface area contributed by atoms with E-state index in [0.717, 1.165) is 59.5 Å². The van der Waals surface area contributed by atoms with Gasteiger partial charge in [-0.15, -0.1) is 0 Å². The Morgan fingerprint density at radius 3 is 2.56 bits per heavy atom. The fraction of sp³-hybridized carbons (Fsp3) is 0.385. The number of ether oxygens (including phenoxy) is 2. The van der Waals surface area contributed by atoms with Crippen molar-refractivity contribution >= 4 is 34.4 Å². The molecule has 8 heteroatoms. The molecule has 0 unspecified atom stereocenters. The largest absolute Gasteiger partial charge is 0.447 e. The number of hydrogen-bond acceptors (Lipinski definition) is 6. The van der Waals surface area contributed by atoms with Crippen LogP contribution in [0.2, 0.25) is 0 Å². The molecule has 178 valence electrons. The summed E-state index contributed by atoms with van der Waals surface area (Å²) in [6, 6.07) is 14.8. The minimum atomic E-state index is -0.462. The lowest BCUT2D eigenvalue weighted by Gasteiger charge is -2.30. The van der Waals surface area contributed by atoms with E-state index in [9.17, 15) is 4.79 Å². The Bertz CT molecular complexity index is 1240. The van der Waals surface area contributed by atoms with Gasteiger partial charge in [-0.1, -0.05) is 12.1 Å². The number of aliphatic imine (C=N–C) groups is 1. The highest BCUT2D eigenvalue weighted by Gasteiger charge is 2.27. The van der Waals surface area contributed by atoms with Crippen molar-refractivity contribution < 1.29 is 14.3 Å². The number of anilines is 2. The van der Waals surface area contributed by atoms with E-state index in [1.54, 1.807) is 0 Å². The number of amides is 1. The molecule has 5 rings (SSSR count). The predicted octanol–water partition coefficient (Wildman–Crippen LogP) is 5.25. The summed E-state index contributed by atoms with van der Waals surface area (Å²) in [6.45, 7) is 5.26. The van der Waals surface area contributed by atoms with Crippen LogP contribution in [0.25, 0.3) is 22.2 Å². The molecule has 3 aromatic rings. The maximum Gasteiger partial charge on any atom is 0.411 e. The summed E-state index contributed by atoms with van der Waals surface area (Å²) >= 11 is 0. The summed E-state index contributed by atoms with van der Waals surface area (Å²) in [7, 11) is 1.98. The lowest BCUT2D eigenvalue weighted by atomic mass is 9.92. The zero-order valence-corrected chi connectivity index (χ0v) is 19.9. The molecule has 1 aromatic heterocycles. The minimum absolute atomic E-state index is 0.174. The molecule has 0 spiro atoms. The number of nitrogens with two attached hydrogens (primary N) is 1. The van der Waals surface area contributed by atoms with E-state index in [1.807, 2.05) is 62.2 Å². The molecule has 3 N–H and O–H groups in total. The molecular weight excluding hydrogens is 430 g/mol. The van der Waals surface area contributed by atoms with Crippen LogP contribution in [0.1, 0.15) is 39.2 Å². The molecule has 0 radical (unpaired) electrons. The molecule has 1 aliphatic heterocycles. The summed E-state index contributed by atoms with van der Waals surface area (Å²) in [5.74, 6) is 0.757. The van der Waals surface area contributed by atoms with E-state index in [-0.39, 0.29) is 6.10 Å². The number of fused-ring (bicyclic) bond motifs is 1. The average molecular weight is 462 g/mol. The van der Waals surface area contributed by atoms with Crippen molar-refractivity contribution in [2.75, 3.05) is 31.2 Å². The van der Waals surface area contributed by atoms with Gasteiger partial charge in [0.1, 0.15) is 5.75 Å². The van der Waals surface area contributed by atoms with E-state index < -0.39 is 6.09 Å². The standard InChI is InChI=1S/C26H31N5O3/c1-16(2)33-26(32)29-18-9-7-17(8-10-18)24-23(27)21-12-11-20(34-25-28-13-14-30(25)3)15-22(21)31(24)19-5-4-6-19/h7-12,15-16,19H,4-6,13-14,27H2,1-3H3,(H,29,32). The van der Waals surface area contributed by atoms with Gasteiger partial charge in [0.2, 0.25) is 0 Å². The SMILES string of the molecule is CC(C)OC(=O)Nc1ccc(-c2c(N)c3ccc(OC4=NCCN4C)cc3n2C2CCC2)cc1. The monoisotopic (exact) mass is 461 g/mol. The summed E-state index contributed by atoms with van der Waals surface area (Å²) in [5, 5.41) is 3.78. The summed E-state index contributed by atoms with van der Waals surface area (Å²) in [6.07, 6.45) is 2.82. The molecule has 1 fully saturated rings. The van der Waals surface area contributed by atoms with Crippen LogP contribution in [-0.2, 0) is 4.74 Å². The first kappa shape index (κ1) is 22.1. The quantitative estimate of drug-likeness (QED) is 0.541. The van der Waals surface area contributed by atoms with Crippen LogP contribution >= 0.6 is 0 Å². The van der Waals surface area contributed by atoms with Crippen LogP contribution in [0.15, 0.2) is 47.5 Å². The number of carbonyl (C=O) groups is 1. The number of benzene rings is 2. The van der Waals surface area contributed by atoms with Crippen LogP contribution < -0.4 is 15.8 Å². The molecular formula is C26H31N5O3. The zero-order chi connectivity index (χ0) is 23.8. The van der Waals surface area contributed by atoms with Crippen LogP contribution in [0, 0.1) is 0 Å². The smallest absolute Gasteiger partial charge is 0.411 e. The van der Waals surface area contributed by atoms with E-state index in [1.165, 1.54) is 6.42 Å². The number of rotatable bonds is 5. The van der Waals surface area contributed by atoms with Gasteiger partial charge in [-0.3, -0.25) is 5.32 Å². The number of amidine groups is 1. The Kier molecular flexibility index (Phi) is 5.81. The zero-order valence-electron chi connectivity index (χ0n) is 19.9. The molecule has 0 bridgehead atoms. The highest BCUT2D eigenvalue weighted by Crippen LogP contribution is 2.45. The van der Waals surface area contributed by atoms with Crippen molar-refractivity contribution in [3.05, 3.63) is 42.5 Å². The third kappa shape index (κ3) is 4.16. The van der Waals surface area contributed by atoms with Crippen molar-refractivity contribution in [3.8, 4) is 17.0 Å². The highest BCUT2D eigenvalue weighted by atomic mass is 16.6. The first-order chi connectivity index (χ1) is 16.4. The van der Waals surface area contributed by atoms with Gasteiger partial charge in [-0.25, -0.2) is 9.79 Å². The normalized spacial score (nSPS) is 16.0.